The molecule has 1 aliphatic carbocycles. The molecule has 2 N–H and O–H groups in total. The lowest BCUT2D eigenvalue weighted by Gasteiger charge is -2.39. The summed E-state index contributed by atoms with van der Waals surface area (Å²) in [4.78, 5) is 38.1. The maximum Gasteiger partial charge on any atom is 0.288 e. The molecular formula is C26H26ClN3O5. The van der Waals surface area contributed by atoms with E-state index in [1.807, 2.05) is 13.8 Å². The number of nitro groups is 1. The lowest BCUT2D eigenvalue weighted by Crippen LogP contribution is -2.39. The van der Waals surface area contributed by atoms with E-state index >= 15 is 0 Å². The molecule has 1 aliphatic heterocycles. The normalized spacial score (nSPS) is 19.1. The topological polar surface area (TPSA) is 111 Å². The number of carbonyl (C=O) groups is 2. The van der Waals surface area contributed by atoms with Crippen LogP contribution in [0, 0.1) is 15.5 Å². The van der Waals surface area contributed by atoms with E-state index in [1.165, 1.54) is 19.2 Å². The zero-order valence-corrected chi connectivity index (χ0v) is 20.7. The van der Waals surface area contributed by atoms with Gasteiger partial charge in [0.1, 0.15) is 10.8 Å². The van der Waals surface area contributed by atoms with E-state index in [4.69, 9.17) is 16.3 Å². The molecule has 0 saturated carbocycles. The number of hydrogen-bond donors (Lipinski definition) is 2. The lowest BCUT2D eigenvalue weighted by atomic mass is 9.68. The zero-order valence-electron chi connectivity index (χ0n) is 19.9. The summed E-state index contributed by atoms with van der Waals surface area (Å²) in [7, 11) is 1.51. The van der Waals surface area contributed by atoms with E-state index in [-0.39, 0.29) is 21.9 Å². The Morgan fingerprint density at radius 3 is 2.63 bits per heavy atom. The van der Waals surface area contributed by atoms with Crippen molar-refractivity contribution in [1.82, 2.24) is 5.32 Å². The number of dihydropyridines is 1. The van der Waals surface area contributed by atoms with Gasteiger partial charge in [-0.1, -0.05) is 43.6 Å². The number of anilines is 1. The van der Waals surface area contributed by atoms with Gasteiger partial charge in [-0.3, -0.25) is 19.7 Å². The van der Waals surface area contributed by atoms with Crippen LogP contribution in [0.5, 0.6) is 5.75 Å². The van der Waals surface area contributed by atoms with Gasteiger partial charge in [0.05, 0.1) is 17.7 Å². The number of nitro benzene ring substituents is 1. The van der Waals surface area contributed by atoms with Crippen molar-refractivity contribution < 1.29 is 19.2 Å². The van der Waals surface area contributed by atoms with Crippen LogP contribution in [0.3, 0.4) is 0 Å². The molecule has 0 radical (unpaired) electrons. The van der Waals surface area contributed by atoms with E-state index in [0.29, 0.717) is 46.7 Å². The van der Waals surface area contributed by atoms with Crippen LogP contribution < -0.4 is 15.4 Å². The Kier molecular flexibility index (Phi) is 6.42. The van der Waals surface area contributed by atoms with Gasteiger partial charge in [-0.05, 0) is 42.5 Å². The summed E-state index contributed by atoms with van der Waals surface area (Å²) in [5.74, 6) is -0.842. The van der Waals surface area contributed by atoms with Gasteiger partial charge in [-0.25, -0.2) is 0 Å². The van der Waals surface area contributed by atoms with Crippen LogP contribution in [0.2, 0.25) is 5.02 Å². The fourth-order valence-corrected chi connectivity index (χ4v) is 5.04. The van der Waals surface area contributed by atoms with E-state index < -0.39 is 16.7 Å². The maximum absolute atomic E-state index is 13.7. The number of ether oxygens (including phenoxy) is 1. The fourth-order valence-electron chi connectivity index (χ4n) is 4.86. The average Bonchev–Trinajstić information content (AvgIpc) is 2.77. The number of para-hydroxylation sites is 2. The minimum Gasteiger partial charge on any atom is -0.495 e. The van der Waals surface area contributed by atoms with Crippen LogP contribution in [0.15, 0.2) is 65.0 Å². The van der Waals surface area contributed by atoms with Gasteiger partial charge < -0.3 is 15.4 Å². The van der Waals surface area contributed by atoms with Crippen molar-refractivity contribution in [1.29, 1.82) is 0 Å². The number of allylic oxidation sites excluding steroid dienone is 3. The third-order valence-electron chi connectivity index (χ3n) is 6.34. The molecule has 0 fully saturated rings. The van der Waals surface area contributed by atoms with E-state index in [9.17, 15) is 19.7 Å². The highest BCUT2D eigenvalue weighted by atomic mass is 35.5. The molecular weight excluding hydrogens is 470 g/mol. The second kappa shape index (κ2) is 9.19. The van der Waals surface area contributed by atoms with Gasteiger partial charge in [-0.2, -0.15) is 0 Å². The van der Waals surface area contributed by atoms with Crippen LogP contribution in [0.4, 0.5) is 11.4 Å². The van der Waals surface area contributed by atoms with Gasteiger partial charge in [-0.15, -0.1) is 0 Å². The first-order chi connectivity index (χ1) is 16.5. The van der Waals surface area contributed by atoms with Crippen LogP contribution in [-0.2, 0) is 9.59 Å². The molecule has 4 rings (SSSR count). The Morgan fingerprint density at radius 2 is 1.94 bits per heavy atom. The van der Waals surface area contributed by atoms with Crippen molar-refractivity contribution in [2.24, 2.45) is 5.41 Å². The number of benzene rings is 2. The maximum atomic E-state index is 13.7. The second-order valence-electron chi connectivity index (χ2n) is 9.55. The van der Waals surface area contributed by atoms with Crippen molar-refractivity contribution in [2.45, 2.75) is 39.5 Å². The van der Waals surface area contributed by atoms with Crippen molar-refractivity contribution in [3.8, 4) is 5.75 Å². The molecule has 8 nitrogen and oxygen atoms in total. The summed E-state index contributed by atoms with van der Waals surface area (Å²) < 4.78 is 5.35. The number of ketones is 1. The third kappa shape index (κ3) is 4.66. The molecule has 2 aliphatic rings. The minimum absolute atomic E-state index is 0.0151. The predicted octanol–water partition coefficient (Wildman–Crippen LogP) is 5.50. The number of hydrogen-bond acceptors (Lipinski definition) is 6. The largest absolute Gasteiger partial charge is 0.495 e. The standard InChI is InChI=1S/C26H26ClN3O5/c1-14-22(25(32)29-17-7-5-6-8-21(17)35-4)23(15-9-10-16(27)19(11-15)30(33)34)24-18(28-14)12-26(2,3)13-20(24)31/h5-11,23,28H,12-13H2,1-4H3,(H,29,32)/t23-/m0/s1. The molecule has 2 aromatic rings. The molecule has 1 amide bonds. The predicted molar refractivity (Wildman–Crippen MR) is 133 cm³/mol. The van der Waals surface area contributed by atoms with Gasteiger partial charge >= 0.3 is 0 Å². The molecule has 0 bridgehead atoms. The Labute approximate surface area is 208 Å². The van der Waals surface area contributed by atoms with Gasteiger partial charge in [0.2, 0.25) is 0 Å². The van der Waals surface area contributed by atoms with Gasteiger partial charge in [0.15, 0.2) is 5.78 Å². The van der Waals surface area contributed by atoms with Crippen molar-refractivity contribution >= 4 is 34.7 Å². The summed E-state index contributed by atoms with van der Waals surface area (Å²) >= 11 is 6.06. The molecule has 35 heavy (non-hydrogen) atoms. The highest BCUT2D eigenvalue weighted by Crippen LogP contribution is 2.47. The first-order valence-corrected chi connectivity index (χ1v) is 11.5. The molecule has 1 atom stereocenters. The Hall–Kier alpha value is -3.65. The summed E-state index contributed by atoms with van der Waals surface area (Å²) in [6.45, 7) is 5.80. The number of nitrogens with zero attached hydrogens (tertiary/aromatic N) is 1. The van der Waals surface area contributed by atoms with E-state index in [2.05, 4.69) is 10.6 Å². The number of rotatable bonds is 5. The Morgan fingerprint density at radius 1 is 1.23 bits per heavy atom. The SMILES string of the molecule is COc1ccccc1NC(=O)C1=C(C)NC2=C(C(=O)CC(C)(C)C2)[C@H]1c1ccc(Cl)c([N+](=O)[O-])c1. The van der Waals surface area contributed by atoms with Crippen LogP contribution >= 0.6 is 11.6 Å². The first kappa shape index (κ1) is 24.5. The first-order valence-electron chi connectivity index (χ1n) is 11.1. The third-order valence-corrected chi connectivity index (χ3v) is 6.66. The Bertz CT molecular complexity index is 1310. The molecule has 0 aromatic heterocycles. The smallest absolute Gasteiger partial charge is 0.288 e. The van der Waals surface area contributed by atoms with Crippen molar-refractivity contribution in [3.63, 3.8) is 0 Å². The quantitative estimate of drug-likeness (QED) is 0.418. The zero-order chi connectivity index (χ0) is 25.5. The molecule has 0 unspecified atom stereocenters. The second-order valence-corrected chi connectivity index (χ2v) is 9.96. The number of Topliss-reactive ketones (excluding diaryl/α,β-unsaturated/α-hetero) is 1. The number of methoxy groups -OCH3 is 1. The molecule has 9 heteroatoms. The number of amides is 1. The van der Waals surface area contributed by atoms with E-state index in [0.717, 1.165) is 5.70 Å². The number of carbonyl (C=O) groups excluding carboxylic acids is 2. The van der Waals surface area contributed by atoms with Gasteiger partial charge in [0, 0.05) is 40.9 Å². The van der Waals surface area contributed by atoms with Gasteiger partial charge in [0.25, 0.3) is 11.6 Å². The average molecular weight is 496 g/mol. The molecule has 2 aromatic carbocycles. The van der Waals surface area contributed by atoms with Crippen molar-refractivity contribution in [2.75, 3.05) is 12.4 Å². The number of halogens is 1. The highest BCUT2D eigenvalue weighted by Gasteiger charge is 2.43. The van der Waals surface area contributed by atoms with Crippen molar-refractivity contribution in [3.05, 3.63) is 85.7 Å². The molecule has 1 heterocycles. The monoisotopic (exact) mass is 495 g/mol. The van der Waals surface area contributed by atoms with Crippen LogP contribution in [-0.4, -0.2) is 23.7 Å². The minimum atomic E-state index is -0.791. The molecule has 182 valence electrons. The summed E-state index contributed by atoms with van der Waals surface area (Å²) in [5.41, 5.74) is 2.46. The van der Waals surface area contributed by atoms with Crippen LogP contribution in [0.1, 0.15) is 45.1 Å². The summed E-state index contributed by atoms with van der Waals surface area (Å²) in [5, 5.41) is 17.8. The molecule has 0 saturated heterocycles. The summed E-state index contributed by atoms with van der Waals surface area (Å²) in [6.07, 6.45) is 0.916. The molecule has 0 spiro atoms. The van der Waals surface area contributed by atoms with E-state index in [1.54, 1.807) is 37.3 Å². The fraction of sp³-hybridized carbons (Fsp3) is 0.308. The Balaban J connectivity index is 1.87. The highest BCUT2D eigenvalue weighted by molar-refractivity contribution is 6.32. The lowest BCUT2D eigenvalue weighted by molar-refractivity contribution is -0.384. The van der Waals surface area contributed by atoms with Crippen LogP contribution in [0.25, 0.3) is 0 Å². The number of nitrogens with one attached hydrogen (secondary N) is 2. The summed E-state index contributed by atoms with van der Waals surface area (Å²) in [6, 6.07) is 11.4.